The largest absolute Gasteiger partial charge is 0.534 e. The molecule has 2 aliphatic rings. The summed E-state index contributed by atoms with van der Waals surface area (Å²) in [7, 11) is -1.78. The molecule has 2 aliphatic heterocycles. The van der Waals surface area contributed by atoms with Gasteiger partial charge in [-0.25, -0.2) is 4.79 Å². The Hall–Kier alpha value is -1.37. The van der Waals surface area contributed by atoms with Gasteiger partial charge in [-0.2, -0.15) is 21.6 Å². The van der Waals surface area contributed by atoms with Gasteiger partial charge in [0.15, 0.2) is 0 Å². The van der Waals surface area contributed by atoms with Gasteiger partial charge in [-0.1, -0.05) is 0 Å². The van der Waals surface area contributed by atoms with Gasteiger partial charge in [-0.3, -0.25) is 4.90 Å². The molecule has 25 heavy (non-hydrogen) atoms. The summed E-state index contributed by atoms with van der Waals surface area (Å²) in [6.07, 6.45) is -0.459. The lowest BCUT2D eigenvalue weighted by atomic mass is 10.0. The summed E-state index contributed by atoms with van der Waals surface area (Å²) in [5.74, 6) is -1.52. The number of halogens is 3. The van der Waals surface area contributed by atoms with Crippen LogP contribution in [-0.4, -0.2) is 71.0 Å². The maximum absolute atomic E-state index is 12.6. The number of carbonyl (C=O) groups is 1. The SMILES string of the molecule is COCO[C@H]1CC2C(C(=O)OC)=C(OS(=O)(=O)C(F)(F)F)CC1N2C. The molecule has 8 nitrogen and oxygen atoms in total. The van der Waals surface area contributed by atoms with Gasteiger partial charge < -0.3 is 18.4 Å². The number of carbonyl (C=O) groups excluding carboxylic acids is 1. The average Bonchev–Trinajstić information content (AvgIpc) is 2.71. The standard InChI is InChI=1S/C13H18F3NO7S/c1-17-7-4-10(24-25(19,20)13(14,15)16)11(12(18)22-3)8(17)5-9(7)23-6-21-2/h7-9H,4-6H2,1-3H3/t7?,8?,9-/m0/s1. The zero-order valence-electron chi connectivity index (χ0n) is 13.7. The Morgan fingerprint density at radius 3 is 2.48 bits per heavy atom. The predicted molar refractivity (Wildman–Crippen MR) is 76.4 cm³/mol. The van der Waals surface area contributed by atoms with E-state index in [1.54, 1.807) is 11.9 Å². The van der Waals surface area contributed by atoms with Crippen molar-refractivity contribution >= 4 is 16.1 Å². The van der Waals surface area contributed by atoms with Crippen LogP contribution in [0.4, 0.5) is 13.2 Å². The van der Waals surface area contributed by atoms with Crippen molar-refractivity contribution < 1.29 is 44.8 Å². The van der Waals surface area contributed by atoms with Crippen LogP contribution in [0.3, 0.4) is 0 Å². The highest BCUT2D eigenvalue weighted by molar-refractivity contribution is 7.87. The Morgan fingerprint density at radius 1 is 1.32 bits per heavy atom. The van der Waals surface area contributed by atoms with E-state index in [0.29, 0.717) is 0 Å². The fraction of sp³-hybridized carbons (Fsp3) is 0.769. The van der Waals surface area contributed by atoms with Crippen LogP contribution >= 0.6 is 0 Å². The molecular weight excluding hydrogens is 371 g/mol. The highest BCUT2D eigenvalue weighted by atomic mass is 32.2. The van der Waals surface area contributed by atoms with Crippen LogP contribution in [0.15, 0.2) is 11.3 Å². The van der Waals surface area contributed by atoms with Crippen molar-refractivity contribution in [3.8, 4) is 0 Å². The Balaban J connectivity index is 2.38. The molecule has 0 saturated carbocycles. The van der Waals surface area contributed by atoms with E-state index in [-0.39, 0.29) is 25.2 Å². The molecule has 0 aliphatic carbocycles. The molecule has 3 atom stereocenters. The molecule has 0 aromatic carbocycles. The minimum absolute atomic E-state index is 0.0493. The second-order valence-corrected chi connectivity index (χ2v) is 7.15. The number of nitrogens with zero attached hydrogens (tertiary/aromatic N) is 1. The molecule has 2 unspecified atom stereocenters. The molecule has 2 rings (SSSR count). The first kappa shape index (κ1) is 19.9. The molecule has 0 spiro atoms. The van der Waals surface area contributed by atoms with Gasteiger partial charge in [-0.15, -0.1) is 0 Å². The second-order valence-electron chi connectivity index (χ2n) is 5.61. The molecule has 12 heteroatoms. The van der Waals surface area contributed by atoms with E-state index in [1.165, 1.54) is 7.11 Å². The Morgan fingerprint density at radius 2 is 1.96 bits per heavy atom. The summed E-state index contributed by atoms with van der Waals surface area (Å²) in [5.41, 5.74) is -5.85. The zero-order chi connectivity index (χ0) is 19.0. The number of esters is 1. The van der Waals surface area contributed by atoms with Gasteiger partial charge in [0.05, 0.1) is 18.8 Å². The van der Waals surface area contributed by atoms with Crippen molar-refractivity contribution in [1.29, 1.82) is 0 Å². The average molecular weight is 389 g/mol. The minimum atomic E-state index is -5.89. The van der Waals surface area contributed by atoms with Crippen molar-refractivity contribution in [3.63, 3.8) is 0 Å². The van der Waals surface area contributed by atoms with E-state index in [0.717, 1.165) is 7.11 Å². The topological polar surface area (TPSA) is 91.4 Å². The number of hydrogen-bond acceptors (Lipinski definition) is 8. The minimum Gasteiger partial charge on any atom is -0.466 e. The van der Waals surface area contributed by atoms with Crippen molar-refractivity contribution in [2.45, 2.75) is 36.5 Å². The molecule has 0 aromatic rings. The third kappa shape index (κ3) is 3.76. The van der Waals surface area contributed by atoms with Crippen molar-refractivity contribution in [2.75, 3.05) is 28.1 Å². The molecule has 0 aromatic heterocycles. The Labute approximate surface area is 142 Å². The van der Waals surface area contributed by atoms with E-state index in [1.807, 2.05) is 0 Å². The van der Waals surface area contributed by atoms with Crippen LogP contribution in [-0.2, 0) is 33.3 Å². The maximum atomic E-state index is 12.6. The Kier molecular flexibility index (Phi) is 5.66. The summed E-state index contributed by atoms with van der Waals surface area (Å²) < 4.78 is 79.7. The Bertz CT molecular complexity index is 661. The van der Waals surface area contributed by atoms with Gasteiger partial charge in [0, 0.05) is 25.6 Å². The van der Waals surface area contributed by atoms with Gasteiger partial charge in [-0.05, 0) is 13.5 Å². The third-order valence-electron chi connectivity index (χ3n) is 4.23. The highest BCUT2D eigenvalue weighted by Gasteiger charge is 2.53. The molecule has 1 saturated heterocycles. The number of hydrogen-bond donors (Lipinski definition) is 0. The van der Waals surface area contributed by atoms with E-state index in [4.69, 9.17) is 9.47 Å². The molecule has 0 radical (unpaired) electrons. The van der Waals surface area contributed by atoms with Gasteiger partial charge in [0.2, 0.25) is 0 Å². The lowest BCUT2D eigenvalue weighted by Crippen LogP contribution is -2.44. The lowest BCUT2D eigenvalue weighted by molar-refractivity contribution is -0.137. The summed E-state index contributed by atoms with van der Waals surface area (Å²) in [5, 5.41) is 0. The lowest BCUT2D eigenvalue weighted by Gasteiger charge is -2.33. The molecule has 1 fully saturated rings. The number of alkyl halides is 3. The monoisotopic (exact) mass is 389 g/mol. The van der Waals surface area contributed by atoms with Crippen LogP contribution < -0.4 is 0 Å². The molecular formula is C13H18F3NO7S. The molecule has 2 heterocycles. The summed E-state index contributed by atoms with van der Waals surface area (Å²) in [6.45, 7) is -0.0493. The summed E-state index contributed by atoms with van der Waals surface area (Å²) in [6, 6.07) is -1.15. The van der Waals surface area contributed by atoms with Crippen LogP contribution in [0.5, 0.6) is 0 Å². The number of rotatable bonds is 6. The van der Waals surface area contributed by atoms with Crippen LogP contribution in [0.1, 0.15) is 12.8 Å². The third-order valence-corrected chi connectivity index (χ3v) is 5.21. The molecule has 144 valence electrons. The first-order chi connectivity index (χ1) is 11.5. The molecule has 0 N–H and O–H groups in total. The number of fused-ring (bicyclic) bond motifs is 2. The number of methoxy groups -OCH3 is 2. The quantitative estimate of drug-likeness (QED) is 0.284. The number of likely N-dealkylation sites (N-methyl/N-ethyl adjacent to an activating group) is 1. The second kappa shape index (κ2) is 7.09. The van der Waals surface area contributed by atoms with Crippen LogP contribution in [0, 0.1) is 0 Å². The summed E-state index contributed by atoms with van der Waals surface area (Å²) in [4.78, 5) is 13.8. The van der Waals surface area contributed by atoms with E-state index in [9.17, 15) is 26.4 Å². The highest BCUT2D eigenvalue weighted by Crippen LogP contribution is 2.42. The fourth-order valence-corrected chi connectivity index (χ4v) is 3.59. The zero-order valence-corrected chi connectivity index (χ0v) is 14.5. The van der Waals surface area contributed by atoms with E-state index < -0.39 is 45.5 Å². The van der Waals surface area contributed by atoms with Crippen molar-refractivity contribution in [1.82, 2.24) is 4.90 Å². The molecule has 0 amide bonds. The molecule has 2 bridgehead atoms. The first-order valence-corrected chi connectivity index (χ1v) is 8.59. The smallest absolute Gasteiger partial charge is 0.466 e. The van der Waals surface area contributed by atoms with Gasteiger partial charge in [0.1, 0.15) is 12.6 Å². The van der Waals surface area contributed by atoms with Crippen LogP contribution in [0.25, 0.3) is 0 Å². The van der Waals surface area contributed by atoms with Crippen LogP contribution in [0.2, 0.25) is 0 Å². The van der Waals surface area contributed by atoms with E-state index >= 15 is 0 Å². The fourth-order valence-electron chi connectivity index (χ4n) is 3.07. The maximum Gasteiger partial charge on any atom is 0.534 e. The van der Waals surface area contributed by atoms with E-state index in [2.05, 4.69) is 8.92 Å². The van der Waals surface area contributed by atoms with Gasteiger partial charge in [0.25, 0.3) is 0 Å². The predicted octanol–water partition coefficient (Wildman–Crippen LogP) is 0.745. The van der Waals surface area contributed by atoms with Crippen molar-refractivity contribution in [2.24, 2.45) is 0 Å². The number of ether oxygens (including phenoxy) is 3. The summed E-state index contributed by atoms with van der Waals surface area (Å²) >= 11 is 0. The van der Waals surface area contributed by atoms with Gasteiger partial charge >= 0.3 is 21.6 Å². The first-order valence-electron chi connectivity index (χ1n) is 7.18. The normalized spacial score (nSPS) is 27.5. The van der Waals surface area contributed by atoms with Crippen molar-refractivity contribution in [3.05, 3.63) is 11.3 Å².